The molecule has 6 nitrogen and oxygen atoms in total. The van der Waals surface area contributed by atoms with Crippen molar-refractivity contribution >= 4 is 17.7 Å². The standard InChI is InChI=1S/C22H18N4O2S/c1-28-21(27)18-9-7-16(8-10-18)15-29-22-25-24-20(17-11-13-23-14-12-17)26(22)19-5-3-2-4-6-19/h2-14H,15H2,1H3. The fourth-order valence-electron chi connectivity index (χ4n) is 2.86. The summed E-state index contributed by atoms with van der Waals surface area (Å²) in [7, 11) is 1.38. The van der Waals surface area contributed by atoms with Crippen molar-refractivity contribution in [3.05, 3.63) is 90.3 Å². The maximum Gasteiger partial charge on any atom is 0.337 e. The highest BCUT2D eigenvalue weighted by molar-refractivity contribution is 7.98. The summed E-state index contributed by atoms with van der Waals surface area (Å²) in [5.74, 6) is 1.13. The molecular formula is C22H18N4O2S. The Morgan fingerprint density at radius 1 is 0.966 bits per heavy atom. The van der Waals surface area contributed by atoms with Crippen LogP contribution < -0.4 is 0 Å². The Morgan fingerprint density at radius 3 is 2.38 bits per heavy atom. The Bertz CT molecular complexity index is 1100. The molecule has 0 N–H and O–H groups in total. The zero-order chi connectivity index (χ0) is 20.1. The van der Waals surface area contributed by atoms with Crippen LogP contribution in [-0.2, 0) is 10.5 Å². The van der Waals surface area contributed by atoms with Gasteiger partial charge in [-0.05, 0) is 42.0 Å². The van der Waals surface area contributed by atoms with E-state index >= 15 is 0 Å². The number of rotatable bonds is 6. The van der Waals surface area contributed by atoms with Crippen LogP contribution in [0.1, 0.15) is 15.9 Å². The average molecular weight is 402 g/mol. The monoisotopic (exact) mass is 402 g/mol. The summed E-state index contributed by atoms with van der Waals surface area (Å²) in [5.41, 5.74) is 3.56. The van der Waals surface area contributed by atoms with Crippen molar-refractivity contribution in [2.45, 2.75) is 10.9 Å². The summed E-state index contributed by atoms with van der Waals surface area (Å²) < 4.78 is 6.79. The van der Waals surface area contributed by atoms with E-state index in [0.717, 1.165) is 27.8 Å². The first kappa shape index (κ1) is 18.9. The van der Waals surface area contributed by atoms with Crippen LogP contribution in [0.3, 0.4) is 0 Å². The SMILES string of the molecule is COC(=O)c1ccc(CSc2nnc(-c3ccncc3)n2-c2ccccc2)cc1. The van der Waals surface area contributed by atoms with E-state index in [-0.39, 0.29) is 5.97 Å². The van der Waals surface area contributed by atoms with Crippen molar-refractivity contribution in [2.24, 2.45) is 0 Å². The smallest absolute Gasteiger partial charge is 0.337 e. The topological polar surface area (TPSA) is 69.9 Å². The molecule has 0 atom stereocenters. The molecule has 2 aromatic carbocycles. The highest BCUT2D eigenvalue weighted by Crippen LogP contribution is 2.29. The van der Waals surface area contributed by atoms with Crippen molar-refractivity contribution in [3.63, 3.8) is 0 Å². The lowest BCUT2D eigenvalue weighted by molar-refractivity contribution is 0.0600. The fraction of sp³-hybridized carbons (Fsp3) is 0.0909. The Morgan fingerprint density at radius 2 is 1.69 bits per heavy atom. The van der Waals surface area contributed by atoms with Crippen LogP contribution in [0.4, 0.5) is 0 Å². The van der Waals surface area contributed by atoms with Gasteiger partial charge in [0.15, 0.2) is 11.0 Å². The Balaban J connectivity index is 1.62. The molecule has 7 heteroatoms. The quantitative estimate of drug-likeness (QED) is 0.351. The molecule has 0 bridgehead atoms. The maximum atomic E-state index is 11.6. The number of hydrogen-bond donors (Lipinski definition) is 0. The van der Waals surface area contributed by atoms with E-state index in [1.54, 1.807) is 36.3 Å². The lowest BCUT2D eigenvalue weighted by atomic mass is 10.1. The van der Waals surface area contributed by atoms with E-state index in [1.165, 1.54) is 7.11 Å². The molecule has 29 heavy (non-hydrogen) atoms. The minimum atomic E-state index is -0.338. The molecule has 2 heterocycles. The third-order valence-corrected chi connectivity index (χ3v) is 5.33. The van der Waals surface area contributed by atoms with Gasteiger partial charge in [0.25, 0.3) is 0 Å². The number of benzene rings is 2. The van der Waals surface area contributed by atoms with Gasteiger partial charge in [0.2, 0.25) is 0 Å². The summed E-state index contributed by atoms with van der Waals surface area (Å²) >= 11 is 1.59. The number of esters is 1. The molecule has 0 aliphatic heterocycles. The number of hydrogen-bond acceptors (Lipinski definition) is 6. The number of nitrogens with zero attached hydrogens (tertiary/aromatic N) is 4. The fourth-order valence-corrected chi connectivity index (χ4v) is 3.77. The minimum Gasteiger partial charge on any atom is -0.465 e. The molecule has 0 unspecified atom stereocenters. The first-order valence-electron chi connectivity index (χ1n) is 8.97. The molecule has 0 saturated heterocycles. The molecule has 0 aliphatic rings. The van der Waals surface area contributed by atoms with Gasteiger partial charge in [0, 0.05) is 29.4 Å². The third kappa shape index (κ3) is 4.20. The van der Waals surface area contributed by atoms with E-state index < -0.39 is 0 Å². The normalized spacial score (nSPS) is 10.7. The van der Waals surface area contributed by atoms with Gasteiger partial charge in [-0.1, -0.05) is 42.1 Å². The third-order valence-electron chi connectivity index (χ3n) is 4.33. The Kier molecular flexibility index (Phi) is 5.67. The highest BCUT2D eigenvalue weighted by atomic mass is 32.2. The van der Waals surface area contributed by atoms with Gasteiger partial charge in [-0.25, -0.2) is 4.79 Å². The van der Waals surface area contributed by atoms with Gasteiger partial charge in [0.05, 0.1) is 12.7 Å². The largest absolute Gasteiger partial charge is 0.465 e. The first-order valence-corrected chi connectivity index (χ1v) is 9.96. The van der Waals surface area contributed by atoms with E-state index in [9.17, 15) is 4.79 Å². The van der Waals surface area contributed by atoms with Crippen LogP contribution in [0.5, 0.6) is 0 Å². The molecule has 2 aromatic heterocycles. The van der Waals surface area contributed by atoms with Crippen molar-refractivity contribution in [1.29, 1.82) is 0 Å². The minimum absolute atomic E-state index is 0.338. The molecule has 0 aliphatic carbocycles. The van der Waals surface area contributed by atoms with Gasteiger partial charge in [-0.3, -0.25) is 9.55 Å². The summed E-state index contributed by atoms with van der Waals surface area (Å²) in [6, 6.07) is 21.3. The maximum absolute atomic E-state index is 11.6. The summed E-state index contributed by atoms with van der Waals surface area (Å²) in [5, 5.41) is 9.64. The van der Waals surface area contributed by atoms with Crippen LogP contribution >= 0.6 is 11.8 Å². The average Bonchev–Trinajstić information content (AvgIpc) is 3.22. The highest BCUT2D eigenvalue weighted by Gasteiger charge is 2.16. The molecule has 0 radical (unpaired) electrons. The van der Waals surface area contributed by atoms with Crippen molar-refractivity contribution in [1.82, 2.24) is 19.7 Å². The summed E-state index contributed by atoms with van der Waals surface area (Å²) in [4.78, 5) is 15.7. The zero-order valence-corrected chi connectivity index (χ0v) is 16.5. The molecule has 4 rings (SSSR count). The molecule has 0 saturated carbocycles. The van der Waals surface area contributed by atoms with Gasteiger partial charge < -0.3 is 4.74 Å². The molecule has 0 spiro atoms. The summed E-state index contributed by atoms with van der Waals surface area (Å²) in [6.07, 6.45) is 3.49. The van der Waals surface area contributed by atoms with Gasteiger partial charge >= 0.3 is 5.97 Å². The van der Waals surface area contributed by atoms with E-state index in [1.807, 2.05) is 59.2 Å². The van der Waals surface area contributed by atoms with Gasteiger partial charge in [-0.2, -0.15) is 0 Å². The molecular weight excluding hydrogens is 384 g/mol. The number of para-hydroxylation sites is 1. The molecule has 0 fully saturated rings. The molecule has 0 amide bonds. The molecule has 4 aromatic rings. The van der Waals surface area contributed by atoms with E-state index in [0.29, 0.717) is 11.3 Å². The number of carbonyl (C=O) groups is 1. The first-order chi connectivity index (χ1) is 14.3. The lowest BCUT2D eigenvalue weighted by Crippen LogP contribution is -2.01. The lowest BCUT2D eigenvalue weighted by Gasteiger charge is -2.10. The van der Waals surface area contributed by atoms with Crippen molar-refractivity contribution in [2.75, 3.05) is 7.11 Å². The number of aromatic nitrogens is 4. The second-order valence-corrected chi connectivity index (χ2v) is 7.13. The van der Waals surface area contributed by atoms with Gasteiger partial charge in [0.1, 0.15) is 0 Å². The van der Waals surface area contributed by atoms with Gasteiger partial charge in [-0.15, -0.1) is 10.2 Å². The van der Waals surface area contributed by atoms with Crippen LogP contribution in [-0.4, -0.2) is 32.8 Å². The number of carbonyl (C=O) groups excluding carboxylic acids is 1. The van der Waals surface area contributed by atoms with E-state index in [2.05, 4.69) is 15.2 Å². The van der Waals surface area contributed by atoms with Crippen molar-refractivity contribution in [3.8, 4) is 17.1 Å². The number of thioether (sulfide) groups is 1. The van der Waals surface area contributed by atoms with Crippen LogP contribution in [0.15, 0.2) is 84.3 Å². The van der Waals surface area contributed by atoms with Crippen LogP contribution in [0.25, 0.3) is 17.1 Å². The number of pyridine rings is 1. The second-order valence-electron chi connectivity index (χ2n) is 6.19. The van der Waals surface area contributed by atoms with E-state index in [4.69, 9.17) is 4.74 Å². The second kappa shape index (κ2) is 8.70. The van der Waals surface area contributed by atoms with Crippen LogP contribution in [0, 0.1) is 0 Å². The number of ether oxygens (including phenoxy) is 1. The predicted molar refractivity (Wildman–Crippen MR) is 112 cm³/mol. The predicted octanol–water partition coefficient (Wildman–Crippen LogP) is 4.41. The zero-order valence-electron chi connectivity index (χ0n) is 15.7. The summed E-state index contributed by atoms with van der Waals surface area (Å²) in [6.45, 7) is 0. The Labute approximate surface area is 172 Å². The molecule has 144 valence electrons. The Hall–Kier alpha value is -3.45. The van der Waals surface area contributed by atoms with Crippen molar-refractivity contribution < 1.29 is 9.53 Å². The number of methoxy groups -OCH3 is 1. The van der Waals surface area contributed by atoms with Crippen LogP contribution in [0.2, 0.25) is 0 Å².